The van der Waals surface area contributed by atoms with E-state index in [0.29, 0.717) is 5.56 Å². The number of aryl methyl sites for hydroxylation is 1. The Bertz CT molecular complexity index is 947. The van der Waals surface area contributed by atoms with Crippen molar-refractivity contribution in [2.75, 3.05) is 18.4 Å². The minimum atomic E-state index is -0.748. The SMILES string of the molecule is O=C(O)CC1CCc2ccc(NC(=O)c3ccc(C=NN4CCCC4)cc3)cc2C1. The highest BCUT2D eigenvalue weighted by Gasteiger charge is 2.21. The van der Waals surface area contributed by atoms with E-state index in [2.05, 4.69) is 15.4 Å². The zero-order valence-corrected chi connectivity index (χ0v) is 17.0. The second-order valence-electron chi connectivity index (χ2n) is 8.17. The summed E-state index contributed by atoms with van der Waals surface area (Å²) in [5, 5.41) is 18.6. The molecule has 1 unspecified atom stereocenters. The van der Waals surface area contributed by atoms with Crippen LogP contribution in [-0.2, 0) is 17.6 Å². The molecule has 1 aliphatic carbocycles. The van der Waals surface area contributed by atoms with E-state index < -0.39 is 5.97 Å². The Morgan fingerprint density at radius 2 is 1.87 bits per heavy atom. The molecule has 2 aromatic carbocycles. The Balaban J connectivity index is 1.38. The Kier molecular flexibility index (Phi) is 6.12. The summed E-state index contributed by atoms with van der Waals surface area (Å²) < 4.78 is 0. The largest absolute Gasteiger partial charge is 0.481 e. The van der Waals surface area contributed by atoms with E-state index in [-0.39, 0.29) is 18.2 Å². The van der Waals surface area contributed by atoms with E-state index in [1.165, 1.54) is 18.4 Å². The van der Waals surface area contributed by atoms with E-state index in [9.17, 15) is 9.59 Å². The number of hydrogen-bond acceptors (Lipinski definition) is 4. The van der Waals surface area contributed by atoms with Gasteiger partial charge in [-0.25, -0.2) is 0 Å². The Hall–Kier alpha value is -3.15. The van der Waals surface area contributed by atoms with Gasteiger partial charge in [-0.3, -0.25) is 14.6 Å². The van der Waals surface area contributed by atoms with Crippen LogP contribution < -0.4 is 5.32 Å². The zero-order chi connectivity index (χ0) is 20.9. The minimum absolute atomic E-state index is 0.157. The van der Waals surface area contributed by atoms with E-state index in [1.807, 2.05) is 48.7 Å². The van der Waals surface area contributed by atoms with Crippen molar-refractivity contribution in [2.45, 2.75) is 38.5 Å². The van der Waals surface area contributed by atoms with Gasteiger partial charge in [0.2, 0.25) is 0 Å². The monoisotopic (exact) mass is 405 g/mol. The van der Waals surface area contributed by atoms with Gasteiger partial charge in [-0.15, -0.1) is 0 Å². The van der Waals surface area contributed by atoms with Gasteiger partial charge in [0.1, 0.15) is 0 Å². The number of carboxylic acids is 1. The fourth-order valence-electron chi connectivity index (χ4n) is 4.22. The van der Waals surface area contributed by atoms with Crippen LogP contribution in [0.15, 0.2) is 47.6 Å². The molecule has 0 radical (unpaired) electrons. The third kappa shape index (κ3) is 5.06. The van der Waals surface area contributed by atoms with Crippen molar-refractivity contribution >= 4 is 23.8 Å². The number of carbonyl (C=O) groups excluding carboxylic acids is 1. The molecular formula is C24H27N3O3. The quantitative estimate of drug-likeness (QED) is 0.713. The third-order valence-corrected chi connectivity index (χ3v) is 5.88. The van der Waals surface area contributed by atoms with Gasteiger partial charge in [-0.05, 0) is 79.0 Å². The summed E-state index contributed by atoms with van der Waals surface area (Å²) in [6.07, 6.45) is 6.96. The maximum atomic E-state index is 12.6. The number of hydrogen-bond donors (Lipinski definition) is 2. The fourth-order valence-corrected chi connectivity index (χ4v) is 4.22. The maximum Gasteiger partial charge on any atom is 0.303 e. The molecule has 1 fully saturated rings. The number of hydrazone groups is 1. The highest BCUT2D eigenvalue weighted by molar-refractivity contribution is 6.04. The molecule has 0 spiro atoms. The van der Waals surface area contributed by atoms with Crippen molar-refractivity contribution < 1.29 is 14.7 Å². The first-order valence-corrected chi connectivity index (χ1v) is 10.6. The van der Waals surface area contributed by atoms with Gasteiger partial charge in [0.05, 0.1) is 6.21 Å². The summed E-state index contributed by atoms with van der Waals surface area (Å²) in [6, 6.07) is 13.4. The van der Waals surface area contributed by atoms with E-state index in [1.54, 1.807) is 0 Å². The van der Waals surface area contributed by atoms with E-state index in [4.69, 9.17) is 5.11 Å². The molecule has 1 aliphatic heterocycles. The summed E-state index contributed by atoms with van der Waals surface area (Å²) in [7, 11) is 0. The van der Waals surface area contributed by atoms with Crippen molar-refractivity contribution in [3.8, 4) is 0 Å². The number of fused-ring (bicyclic) bond motifs is 1. The molecule has 6 nitrogen and oxygen atoms in total. The number of amides is 1. The molecule has 2 N–H and O–H groups in total. The van der Waals surface area contributed by atoms with Crippen LogP contribution in [0, 0.1) is 5.92 Å². The summed E-state index contributed by atoms with van der Waals surface area (Å²) in [5.41, 5.74) is 4.69. The first-order valence-electron chi connectivity index (χ1n) is 10.6. The first kappa shape index (κ1) is 20.1. The van der Waals surface area contributed by atoms with Crippen molar-refractivity contribution in [1.29, 1.82) is 0 Å². The number of carbonyl (C=O) groups is 2. The predicted molar refractivity (Wildman–Crippen MR) is 117 cm³/mol. The number of rotatable bonds is 6. The van der Waals surface area contributed by atoms with Gasteiger partial charge in [-0.1, -0.05) is 18.2 Å². The van der Waals surface area contributed by atoms with Crippen LogP contribution >= 0.6 is 0 Å². The molecule has 0 aromatic heterocycles. The van der Waals surface area contributed by atoms with Gasteiger partial charge in [-0.2, -0.15) is 5.10 Å². The Labute approximate surface area is 176 Å². The highest BCUT2D eigenvalue weighted by Crippen LogP contribution is 2.29. The average molecular weight is 405 g/mol. The van der Waals surface area contributed by atoms with Gasteiger partial charge in [0.15, 0.2) is 0 Å². The van der Waals surface area contributed by atoms with Crippen molar-refractivity contribution in [3.63, 3.8) is 0 Å². The van der Waals surface area contributed by atoms with Crippen LogP contribution in [-0.4, -0.2) is 41.3 Å². The smallest absolute Gasteiger partial charge is 0.303 e. The normalized spacial score (nSPS) is 18.4. The van der Waals surface area contributed by atoms with Gasteiger partial charge < -0.3 is 10.4 Å². The predicted octanol–water partition coefficient (Wildman–Crippen LogP) is 3.95. The van der Waals surface area contributed by atoms with Gasteiger partial charge >= 0.3 is 5.97 Å². The summed E-state index contributed by atoms with van der Waals surface area (Å²) >= 11 is 0. The van der Waals surface area contributed by atoms with Gasteiger partial charge in [0.25, 0.3) is 5.91 Å². The highest BCUT2D eigenvalue weighted by atomic mass is 16.4. The lowest BCUT2D eigenvalue weighted by atomic mass is 9.82. The maximum absolute atomic E-state index is 12.6. The summed E-state index contributed by atoms with van der Waals surface area (Å²) in [4.78, 5) is 23.7. The van der Waals surface area contributed by atoms with Gasteiger partial charge in [0, 0.05) is 30.8 Å². The topological polar surface area (TPSA) is 82.0 Å². The Morgan fingerprint density at radius 3 is 2.60 bits per heavy atom. The standard InChI is InChI=1S/C24H27N3O3/c28-23(29)14-18-5-6-19-9-10-22(15-21(19)13-18)26-24(30)20-7-3-17(4-8-20)16-25-27-11-1-2-12-27/h3-4,7-10,15-16,18H,1-2,5-6,11-14H2,(H,26,30)(H,28,29). The molecule has 1 amide bonds. The van der Waals surface area contributed by atoms with Crippen molar-refractivity contribution in [3.05, 3.63) is 64.7 Å². The second kappa shape index (κ2) is 9.11. The number of benzene rings is 2. The molecule has 6 heteroatoms. The number of anilines is 1. The summed E-state index contributed by atoms with van der Waals surface area (Å²) in [5.74, 6) is -0.742. The number of nitrogens with zero attached hydrogens (tertiary/aromatic N) is 2. The lowest BCUT2D eigenvalue weighted by Crippen LogP contribution is -2.18. The van der Waals surface area contributed by atoms with Crippen LogP contribution in [0.5, 0.6) is 0 Å². The molecule has 156 valence electrons. The molecule has 1 heterocycles. The molecule has 1 saturated heterocycles. The molecule has 4 rings (SSSR count). The van der Waals surface area contributed by atoms with Crippen LogP contribution in [0.3, 0.4) is 0 Å². The molecule has 1 atom stereocenters. The van der Waals surface area contributed by atoms with E-state index in [0.717, 1.165) is 49.2 Å². The molecule has 0 bridgehead atoms. The molecule has 2 aliphatic rings. The second-order valence-corrected chi connectivity index (χ2v) is 8.17. The molecular weight excluding hydrogens is 378 g/mol. The zero-order valence-electron chi connectivity index (χ0n) is 17.0. The van der Waals surface area contributed by atoms with E-state index >= 15 is 0 Å². The minimum Gasteiger partial charge on any atom is -0.481 e. The van der Waals surface area contributed by atoms with Crippen LogP contribution in [0.1, 0.15) is 52.7 Å². The Morgan fingerprint density at radius 1 is 1.10 bits per heavy atom. The number of carboxylic acid groups (broad SMARTS) is 1. The van der Waals surface area contributed by atoms with Crippen LogP contribution in [0.25, 0.3) is 0 Å². The average Bonchev–Trinajstić information content (AvgIpc) is 3.25. The van der Waals surface area contributed by atoms with Crippen LogP contribution in [0.4, 0.5) is 5.69 Å². The third-order valence-electron chi connectivity index (χ3n) is 5.88. The first-order chi connectivity index (χ1) is 14.6. The number of nitrogens with one attached hydrogen (secondary N) is 1. The molecule has 0 saturated carbocycles. The fraction of sp³-hybridized carbons (Fsp3) is 0.375. The lowest BCUT2D eigenvalue weighted by Gasteiger charge is -2.24. The van der Waals surface area contributed by atoms with Crippen LogP contribution in [0.2, 0.25) is 0 Å². The molecule has 30 heavy (non-hydrogen) atoms. The number of aliphatic carboxylic acids is 1. The lowest BCUT2D eigenvalue weighted by molar-refractivity contribution is -0.138. The van der Waals surface area contributed by atoms with Crippen molar-refractivity contribution in [2.24, 2.45) is 11.0 Å². The van der Waals surface area contributed by atoms with Crippen molar-refractivity contribution in [1.82, 2.24) is 5.01 Å². The summed E-state index contributed by atoms with van der Waals surface area (Å²) in [6.45, 7) is 2.02. The molecule has 2 aromatic rings.